The Morgan fingerprint density at radius 3 is 0.531 bits per heavy atom. The summed E-state index contributed by atoms with van der Waals surface area (Å²) in [6.45, 7) is 13.5. The first kappa shape index (κ1) is 76.6. The van der Waals surface area contributed by atoms with E-state index >= 15 is 0 Å². The van der Waals surface area contributed by atoms with Crippen molar-refractivity contribution in [3.05, 3.63) is 456 Å². The van der Waals surface area contributed by atoms with Crippen LogP contribution < -0.4 is 0 Å². The lowest BCUT2D eigenvalue weighted by Gasteiger charge is -2.21. The Hall–Kier alpha value is -16.3. The van der Waals surface area contributed by atoms with Gasteiger partial charge in [-0.2, -0.15) is 0 Å². The fraction of sp³-hybridized carbons (Fsp3) is 0.0625. The highest BCUT2D eigenvalue weighted by atomic mass is 14.3. The van der Waals surface area contributed by atoms with Gasteiger partial charge < -0.3 is 0 Å². The highest BCUT2D eigenvalue weighted by Gasteiger charge is 2.27. The molecule has 0 aromatic heterocycles. The highest BCUT2D eigenvalue weighted by Crippen LogP contribution is 2.53. The number of hydrogen-bond donors (Lipinski definition) is 0. The predicted octanol–water partition coefficient (Wildman–Crippen LogP) is 33.3. The Kier molecular flexibility index (Phi) is 18.5. The van der Waals surface area contributed by atoms with Gasteiger partial charge in [-0.3, -0.25) is 0 Å². The second-order valence-corrected chi connectivity index (χ2v) is 36.2. The van der Waals surface area contributed by atoms with E-state index in [-0.39, 0.29) is 10.8 Å². The lowest BCUT2D eigenvalue weighted by atomic mass is 9.81. The van der Waals surface area contributed by atoms with E-state index < -0.39 is 0 Å². The van der Waals surface area contributed by atoms with Crippen LogP contribution in [0.1, 0.15) is 97.2 Å². The van der Waals surface area contributed by atoms with E-state index in [9.17, 15) is 0 Å². The Balaban J connectivity index is 0.000000148. The first-order chi connectivity index (χ1) is 62.7. The molecule has 0 radical (unpaired) electrons. The summed E-state index contributed by atoms with van der Waals surface area (Å²) in [5.74, 6) is 29.3. The van der Waals surface area contributed by atoms with Crippen molar-refractivity contribution in [1.82, 2.24) is 0 Å². The molecule has 0 unspecified atom stereocenters. The van der Waals surface area contributed by atoms with Crippen molar-refractivity contribution in [2.75, 3.05) is 0 Å². The SMILES string of the molecule is C(#Cc1cc(-c2c3ccccc3cc3ccccc23)c2ccc3c(C#Cc4ccccc4)cc(-c4c5ccccc5cc5ccccc45)c4ccc1c2c34)c1ccccc1.CC(C)(C)c1ccc(C#Cc2cc(-c3c4ccccc4cc4ccccc34)c3ccc4c(C#Cc5ccc(C(C)(C)C)cc5)cc(-c5c6ccccc6cc6ccccc56)c5ccc2c3c45)cc1. The van der Waals surface area contributed by atoms with E-state index in [1.807, 2.05) is 12.1 Å². The van der Waals surface area contributed by atoms with Crippen LogP contribution in [0, 0.1) is 47.4 Å². The van der Waals surface area contributed by atoms with Crippen LogP contribution in [0.25, 0.3) is 195 Å². The van der Waals surface area contributed by atoms with E-state index in [0.717, 1.165) is 66.1 Å². The number of rotatable bonds is 4. The molecule has 0 spiro atoms. The summed E-state index contributed by atoms with van der Waals surface area (Å²) in [4.78, 5) is 0. The average Bonchev–Trinajstić information content (AvgIpc) is 0.704. The second kappa shape index (κ2) is 30.9. The average molecular weight is 1620 g/mol. The lowest BCUT2D eigenvalue weighted by molar-refractivity contribution is 0.590. The molecular formula is C128H84. The standard InChI is InChI=1S/C68H50.C60H34/c1-67(2,3)51-31-25-43(26-32-51)23-29-49-41-61(63-53-19-11-7-15-45(53)39-46-16-8-12-20-54(46)63)59-38-36-58-50(30-24-44-27-33-52(34-28-44)68(4,5)6)42-62(60-37-35-57(49)65(59)66(58)60)64-55-21-13-9-17-47(55)40-48-18-10-14-22-56(48)64;1-3-15-39(16-4-1)27-29-45-37-55(57-47-23-11-7-19-41(47)35-42-20-8-12-24-48(42)57)53-34-32-52-46(30-28-40-17-5-2-6-18-40)38-56(54-33-31-51(45)59(53)60(52)54)58-49-25-13-9-21-43(49)36-44-22-10-14-26-50(44)58/h7-22,25-28,31-42H,1-6H3;1-26,31-38H. The van der Waals surface area contributed by atoms with Gasteiger partial charge >= 0.3 is 0 Å². The summed E-state index contributed by atoms with van der Waals surface area (Å²) in [5.41, 5.74) is 20.4. The maximum absolute atomic E-state index is 3.77. The fourth-order valence-electron chi connectivity index (χ4n) is 20.2. The minimum absolute atomic E-state index is 0.0610. The van der Waals surface area contributed by atoms with Crippen LogP contribution in [-0.4, -0.2) is 0 Å². The zero-order valence-electron chi connectivity index (χ0n) is 72.1. The zero-order valence-corrected chi connectivity index (χ0v) is 72.1. The highest BCUT2D eigenvalue weighted by molar-refractivity contribution is 6.35. The van der Waals surface area contributed by atoms with Crippen molar-refractivity contribution >= 4 is 151 Å². The van der Waals surface area contributed by atoms with Gasteiger partial charge in [0.05, 0.1) is 0 Å². The van der Waals surface area contributed by atoms with Crippen molar-refractivity contribution < 1.29 is 0 Å². The third kappa shape index (κ3) is 13.3. The summed E-state index contributed by atoms with van der Waals surface area (Å²) in [7, 11) is 0. The maximum atomic E-state index is 3.77. The van der Waals surface area contributed by atoms with Gasteiger partial charge in [0.25, 0.3) is 0 Å². The molecule has 0 heteroatoms. The molecule has 24 rings (SSSR count). The molecule has 24 aromatic rings. The van der Waals surface area contributed by atoms with Crippen molar-refractivity contribution in [3.63, 3.8) is 0 Å². The van der Waals surface area contributed by atoms with Crippen LogP contribution in [0.15, 0.2) is 400 Å². The molecule has 0 saturated carbocycles. The summed E-state index contributed by atoms with van der Waals surface area (Å²) < 4.78 is 0. The van der Waals surface area contributed by atoms with Crippen molar-refractivity contribution in [1.29, 1.82) is 0 Å². The van der Waals surface area contributed by atoms with Gasteiger partial charge in [0, 0.05) is 44.5 Å². The number of fused-ring (bicyclic) bond motifs is 8. The van der Waals surface area contributed by atoms with Gasteiger partial charge in [-0.15, -0.1) is 0 Å². The van der Waals surface area contributed by atoms with Crippen LogP contribution in [0.5, 0.6) is 0 Å². The van der Waals surface area contributed by atoms with Gasteiger partial charge in [0.15, 0.2) is 0 Å². The predicted molar refractivity (Wildman–Crippen MR) is 549 cm³/mol. The van der Waals surface area contributed by atoms with Crippen molar-refractivity contribution in [3.8, 4) is 91.9 Å². The van der Waals surface area contributed by atoms with Crippen LogP contribution in [0.3, 0.4) is 0 Å². The first-order valence-corrected chi connectivity index (χ1v) is 44.3. The topological polar surface area (TPSA) is 0 Å². The third-order valence-electron chi connectivity index (χ3n) is 26.4. The number of benzene rings is 24. The molecule has 0 amide bonds. The largest absolute Gasteiger partial charge is 0.0622 e. The van der Waals surface area contributed by atoms with Crippen LogP contribution >= 0.6 is 0 Å². The van der Waals surface area contributed by atoms with Gasteiger partial charge in [0.1, 0.15) is 0 Å². The molecule has 0 atom stereocenters. The molecule has 24 aromatic carbocycles. The molecule has 0 heterocycles. The quantitative estimate of drug-likeness (QED) is 0.0936. The maximum Gasteiger partial charge on any atom is 0.0334 e. The monoisotopic (exact) mass is 1620 g/mol. The van der Waals surface area contributed by atoms with Crippen LogP contribution in [0.2, 0.25) is 0 Å². The summed E-state index contributed by atoms with van der Waals surface area (Å²) in [6, 6.07) is 146. The summed E-state index contributed by atoms with van der Waals surface area (Å²) >= 11 is 0. The van der Waals surface area contributed by atoms with E-state index in [0.29, 0.717) is 0 Å². The molecule has 0 nitrogen and oxygen atoms in total. The van der Waals surface area contributed by atoms with Crippen molar-refractivity contribution in [2.24, 2.45) is 0 Å². The van der Waals surface area contributed by atoms with Gasteiger partial charge in [-0.25, -0.2) is 0 Å². The molecule has 0 fully saturated rings. The summed E-state index contributed by atoms with van der Waals surface area (Å²) in [5, 5.41) is 33.8. The van der Waals surface area contributed by atoms with Gasteiger partial charge in [0.2, 0.25) is 0 Å². The first-order valence-electron chi connectivity index (χ1n) is 44.3. The molecule has 128 heavy (non-hydrogen) atoms. The van der Waals surface area contributed by atoms with Gasteiger partial charge in [-0.1, -0.05) is 392 Å². The zero-order chi connectivity index (χ0) is 85.9. The molecular weight excluding hydrogens is 1540 g/mol. The molecule has 0 N–H and O–H groups in total. The normalized spacial score (nSPS) is 11.7. The third-order valence-corrected chi connectivity index (χ3v) is 26.4. The molecule has 0 aliphatic rings. The lowest BCUT2D eigenvalue weighted by Crippen LogP contribution is -2.10. The van der Waals surface area contributed by atoms with E-state index in [2.05, 4.69) is 477 Å². The van der Waals surface area contributed by atoms with Crippen LogP contribution in [0.4, 0.5) is 0 Å². The Labute approximate surface area is 745 Å². The van der Waals surface area contributed by atoms with Crippen LogP contribution in [-0.2, 0) is 10.8 Å². The van der Waals surface area contributed by atoms with E-state index in [1.54, 1.807) is 0 Å². The fourth-order valence-corrected chi connectivity index (χ4v) is 20.2. The van der Waals surface area contributed by atoms with Crippen molar-refractivity contribution in [2.45, 2.75) is 52.4 Å². The molecule has 596 valence electrons. The number of hydrogen-bond acceptors (Lipinski definition) is 0. The van der Waals surface area contributed by atoms with E-state index in [1.165, 1.54) is 185 Å². The van der Waals surface area contributed by atoms with Gasteiger partial charge in [-0.05, 0) is 314 Å². The molecule has 0 saturated heterocycles. The Morgan fingerprint density at radius 2 is 0.328 bits per heavy atom. The van der Waals surface area contributed by atoms with E-state index in [4.69, 9.17) is 0 Å². The Bertz CT molecular complexity index is 8250. The molecule has 0 aliphatic carbocycles. The molecule has 0 aliphatic heterocycles. The smallest absolute Gasteiger partial charge is 0.0334 e. The molecule has 0 bridgehead atoms. The minimum Gasteiger partial charge on any atom is -0.0622 e. The summed E-state index contributed by atoms with van der Waals surface area (Å²) in [6.07, 6.45) is 0. The second-order valence-electron chi connectivity index (χ2n) is 36.2. The Morgan fingerprint density at radius 1 is 0.148 bits per heavy atom. The minimum atomic E-state index is 0.0610.